The number of halogens is 1. The van der Waals surface area contributed by atoms with Gasteiger partial charge in [-0.2, -0.15) is 0 Å². The van der Waals surface area contributed by atoms with Crippen LogP contribution in [-0.2, 0) is 15.9 Å². The van der Waals surface area contributed by atoms with Gasteiger partial charge in [-0.25, -0.2) is 14.4 Å². The van der Waals surface area contributed by atoms with Crippen LogP contribution in [0.4, 0.5) is 10.2 Å². The van der Waals surface area contributed by atoms with Gasteiger partial charge in [0.1, 0.15) is 23.1 Å². The summed E-state index contributed by atoms with van der Waals surface area (Å²) in [6, 6.07) is 13.6. The molecular formula is C27H27FN4O2. The summed E-state index contributed by atoms with van der Waals surface area (Å²) in [5, 5.41) is 1.89. The maximum absolute atomic E-state index is 15.3. The van der Waals surface area contributed by atoms with Crippen LogP contribution in [0.15, 0.2) is 54.9 Å². The second kappa shape index (κ2) is 6.77. The zero-order valence-electron chi connectivity index (χ0n) is 19.2. The summed E-state index contributed by atoms with van der Waals surface area (Å²) >= 11 is 0. The van der Waals surface area contributed by atoms with E-state index in [1.807, 2.05) is 44.3 Å². The predicted octanol–water partition coefficient (Wildman–Crippen LogP) is 5.02. The lowest BCUT2D eigenvalue weighted by Crippen LogP contribution is -2.32. The number of nitrogens with zero attached hydrogens (tertiary/aromatic N) is 3. The van der Waals surface area contributed by atoms with E-state index in [0.29, 0.717) is 29.2 Å². The predicted molar refractivity (Wildman–Crippen MR) is 128 cm³/mol. The van der Waals surface area contributed by atoms with Gasteiger partial charge >= 0.3 is 0 Å². The van der Waals surface area contributed by atoms with E-state index in [0.717, 1.165) is 29.3 Å². The van der Waals surface area contributed by atoms with E-state index in [-0.39, 0.29) is 29.5 Å². The van der Waals surface area contributed by atoms with Crippen molar-refractivity contribution < 1.29 is 13.9 Å². The summed E-state index contributed by atoms with van der Waals surface area (Å²) in [5.74, 6) is -0.167. The fourth-order valence-electron chi connectivity index (χ4n) is 6.63. The Morgan fingerprint density at radius 3 is 2.85 bits per heavy atom. The number of pyridine rings is 2. The largest absolute Gasteiger partial charge is 0.384 e. The molecule has 1 aliphatic heterocycles. The van der Waals surface area contributed by atoms with Gasteiger partial charge in [0.15, 0.2) is 11.6 Å². The third kappa shape index (κ3) is 2.80. The van der Waals surface area contributed by atoms with E-state index in [1.54, 1.807) is 6.07 Å². The highest BCUT2D eigenvalue weighted by molar-refractivity contribution is 5.81. The quantitative estimate of drug-likeness (QED) is 0.465. The number of anilines is 1. The zero-order valence-corrected chi connectivity index (χ0v) is 19.2. The highest BCUT2D eigenvalue weighted by atomic mass is 19.1. The first-order valence-electron chi connectivity index (χ1n) is 12.0. The number of ether oxygens (including phenoxy) is 2. The molecule has 0 unspecified atom stereocenters. The van der Waals surface area contributed by atoms with Crippen LogP contribution >= 0.6 is 0 Å². The average Bonchev–Trinajstić information content (AvgIpc) is 3.08. The second-order valence-corrected chi connectivity index (χ2v) is 10.5. The summed E-state index contributed by atoms with van der Waals surface area (Å²) in [4.78, 5) is 8.89. The number of fused-ring (bicyclic) bond motifs is 5. The molecule has 4 heterocycles. The summed E-state index contributed by atoms with van der Waals surface area (Å²) in [5.41, 5.74) is 7.78. The molecular weight excluding hydrogens is 431 g/mol. The Morgan fingerprint density at radius 2 is 1.97 bits per heavy atom. The van der Waals surface area contributed by atoms with Crippen molar-refractivity contribution in [1.29, 1.82) is 0 Å². The Bertz CT molecular complexity index is 1450. The molecule has 3 fully saturated rings. The molecule has 0 spiro atoms. The number of aryl methyl sites for hydroxylation is 1. The number of benzene rings is 1. The summed E-state index contributed by atoms with van der Waals surface area (Å²) in [6.45, 7) is 3.97. The maximum Gasteiger partial charge on any atom is 0.163 e. The van der Waals surface area contributed by atoms with Crippen molar-refractivity contribution in [2.75, 3.05) is 5.73 Å². The van der Waals surface area contributed by atoms with Gasteiger partial charge in [-0.05, 0) is 74.9 Å². The summed E-state index contributed by atoms with van der Waals surface area (Å²) in [6.07, 6.45) is 6.41. The van der Waals surface area contributed by atoms with Crippen LogP contribution in [0, 0.1) is 17.2 Å². The summed E-state index contributed by atoms with van der Waals surface area (Å²) in [7, 11) is 0. The molecule has 3 aromatic heterocycles. The summed E-state index contributed by atoms with van der Waals surface area (Å²) < 4.78 is 30.6. The first-order valence-corrected chi connectivity index (χ1v) is 12.0. The second-order valence-electron chi connectivity index (χ2n) is 10.5. The molecule has 5 atom stereocenters. The van der Waals surface area contributed by atoms with Gasteiger partial charge in [0.05, 0.1) is 12.1 Å². The van der Waals surface area contributed by atoms with Gasteiger partial charge in [-0.1, -0.05) is 12.1 Å². The molecule has 2 saturated carbocycles. The smallest absolute Gasteiger partial charge is 0.163 e. The lowest BCUT2D eigenvalue weighted by atomic mass is 9.91. The van der Waals surface area contributed by atoms with Gasteiger partial charge in [0.2, 0.25) is 0 Å². The molecule has 6 nitrogen and oxygen atoms in total. The molecule has 34 heavy (non-hydrogen) atoms. The molecule has 2 aliphatic carbocycles. The number of hydrogen-bond acceptors (Lipinski definition) is 5. The molecule has 1 aromatic carbocycles. The highest BCUT2D eigenvalue weighted by Gasteiger charge is 2.75. The van der Waals surface area contributed by atoms with Crippen molar-refractivity contribution >= 4 is 27.8 Å². The van der Waals surface area contributed by atoms with E-state index in [4.69, 9.17) is 15.2 Å². The van der Waals surface area contributed by atoms with Crippen molar-refractivity contribution in [3.8, 4) is 0 Å². The minimum Gasteiger partial charge on any atom is -0.384 e. The Balaban J connectivity index is 1.23. The monoisotopic (exact) mass is 458 g/mol. The first-order chi connectivity index (χ1) is 16.4. The van der Waals surface area contributed by atoms with Crippen molar-refractivity contribution in [3.63, 3.8) is 0 Å². The maximum atomic E-state index is 15.3. The fourth-order valence-corrected chi connectivity index (χ4v) is 6.63. The number of nitrogens with two attached hydrogens (primary N) is 1. The number of hydrogen-bond donors (Lipinski definition) is 1. The molecule has 7 rings (SSSR count). The molecule has 174 valence electrons. The lowest BCUT2D eigenvalue weighted by Gasteiger charge is -2.24. The van der Waals surface area contributed by atoms with Crippen LogP contribution in [0.1, 0.15) is 38.3 Å². The van der Waals surface area contributed by atoms with E-state index < -0.39 is 5.79 Å². The van der Waals surface area contributed by atoms with Crippen LogP contribution in [0.3, 0.4) is 0 Å². The standard InChI is InChI=1S/C27H27FN4O2/c1-26(2)33-23-22(32-13-10-17-4-3-12-30-25(17)32)18-14-27(18,24(23)34-26)11-9-15-5-6-16-7-8-19(29)31-21(16)20(15)28/h3-8,10,12-13,18,22-24H,9,11,14H2,1-2H3,(H2,29,31)/t18-,22-,23+,24+,27+/m1/s1. The number of aromatic nitrogens is 3. The molecule has 3 aliphatic rings. The number of nitrogen functional groups attached to an aromatic ring is 1. The lowest BCUT2D eigenvalue weighted by molar-refractivity contribution is -0.161. The van der Waals surface area contributed by atoms with Crippen molar-refractivity contribution in [3.05, 3.63) is 66.2 Å². The van der Waals surface area contributed by atoms with Gasteiger partial charge in [0, 0.05) is 28.6 Å². The highest BCUT2D eigenvalue weighted by Crippen LogP contribution is 2.73. The van der Waals surface area contributed by atoms with E-state index >= 15 is 4.39 Å². The minimum atomic E-state index is -0.639. The zero-order chi connectivity index (χ0) is 23.2. The molecule has 1 saturated heterocycles. The third-order valence-electron chi connectivity index (χ3n) is 8.18. The van der Waals surface area contributed by atoms with Crippen molar-refractivity contribution in [1.82, 2.24) is 14.5 Å². The van der Waals surface area contributed by atoms with E-state index in [2.05, 4.69) is 32.9 Å². The van der Waals surface area contributed by atoms with Gasteiger partial charge in [0.25, 0.3) is 0 Å². The van der Waals surface area contributed by atoms with E-state index in [1.165, 1.54) is 0 Å². The Hall–Kier alpha value is -3.03. The van der Waals surface area contributed by atoms with Crippen molar-refractivity contribution in [2.45, 2.75) is 57.1 Å². The average molecular weight is 459 g/mol. The number of rotatable bonds is 4. The normalized spacial score (nSPS) is 31.1. The molecule has 4 aromatic rings. The van der Waals surface area contributed by atoms with Crippen LogP contribution in [-0.4, -0.2) is 32.5 Å². The van der Waals surface area contributed by atoms with Crippen LogP contribution < -0.4 is 5.73 Å². The van der Waals surface area contributed by atoms with Crippen LogP contribution in [0.5, 0.6) is 0 Å². The van der Waals surface area contributed by atoms with Crippen LogP contribution in [0.25, 0.3) is 21.9 Å². The van der Waals surface area contributed by atoms with Crippen LogP contribution in [0.2, 0.25) is 0 Å². The Labute approximate surface area is 196 Å². The van der Waals surface area contributed by atoms with Gasteiger partial charge < -0.3 is 19.8 Å². The molecule has 0 bridgehead atoms. The van der Waals surface area contributed by atoms with Crippen molar-refractivity contribution in [2.24, 2.45) is 11.3 Å². The van der Waals surface area contributed by atoms with E-state index in [9.17, 15) is 0 Å². The topological polar surface area (TPSA) is 75.2 Å². The fraction of sp³-hybridized carbons (Fsp3) is 0.407. The van der Waals surface area contributed by atoms with Gasteiger partial charge in [-0.15, -0.1) is 0 Å². The molecule has 0 amide bonds. The first kappa shape index (κ1) is 20.4. The molecule has 2 N–H and O–H groups in total. The molecule has 7 heteroatoms. The minimum absolute atomic E-state index is 0.0176. The molecule has 0 radical (unpaired) electrons. The SMILES string of the molecule is CC1(C)O[C@H]2[C@H](n3ccc4cccnc43)[C@H]3C[C@]3(CCc3ccc4ccc(N)nc4c3F)[C@H]2O1. The Morgan fingerprint density at radius 1 is 1.12 bits per heavy atom. The third-order valence-corrected chi connectivity index (χ3v) is 8.18. The Kier molecular flexibility index (Phi) is 4.05. The van der Waals surface area contributed by atoms with Gasteiger partial charge in [-0.3, -0.25) is 0 Å².